The Morgan fingerprint density at radius 1 is 0.973 bits per heavy atom. The first-order valence-electron chi connectivity index (χ1n) is 12.9. The van der Waals surface area contributed by atoms with E-state index in [1.807, 2.05) is 37.3 Å². The Labute approximate surface area is 212 Å². The normalized spacial score (nSPS) is 15.9. The summed E-state index contributed by atoms with van der Waals surface area (Å²) >= 11 is 0. The molecule has 1 amide bonds. The van der Waals surface area contributed by atoms with Crippen LogP contribution in [0.3, 0.4) is 0 Å². The van der Waals surface area contributed by atoms with E-state index in [2.05, 4.69) is 32.7 Å². The molecule has 5 aromatic rings. The van der Waals surface area contributed by atoms with Gasteiger partial charge in [0.2, 0.25) is 5.91 Å². The average Bonchev–Trinajstić information content (AvgIpc) is 3.06. The van der Waals surface area contributed by atoms with E-state index < -0.39 is 0 Å². The number of hydrogen-bond acceptors (Lipinski definition) is 4. The molecular weight excluding hydrogens is 462 g/mol. The molecule has 0 spiro atoms. The molecule has 37 heavy (non-hydrogen) atoms. The van der Waals surface area contributed by atoms with Crippen molar-refractivity contribution >= 4 is 50.3 Å². The van der Waals surface area contributed by atoms with Gasteiger partial charge in [0.15, 0.2) is 5.56 Å². The third kappa shape index (κ3) is 3.34. The first kappa shape index (κ1) is 21.7. The number of hydrogen-bond donors (Lipinski definition) is 2. The summed E-state index contributed by atoms with van der Waals surface area (Å²) in [6.07, 6.45) is 4.72. The van der Waals surface area contributed by atoms with Gasteiger partial charge in [-0.1, -0.05) is 30.3 Å². The summed E-state index contributed by atoms with van der Waals surface area (Å²) < 4.78 is 2.23. The van der Waals surface area contributed by atoms with Gasteiger partial charge in [0, 0.05) is 10.9 Å². The Balaban J connectivity index is 1.57. The minimum absolute atomic E-state index is 0.0320. The van der Waals surface area contributed by atoms with Gasteiger partial charge in [-0.25, -0.2) is 0 Å². The number of fused-ring (bicyclic) bond motifs is 3. The second kappa shape index (κ2) is 8.27. The van der Waals surface area contributed by atoms with Gasteiger partial charge in [-0.05, 0) is 60.5 Å². The van der Waals surface area contributed by atoms with E-state index in [1.165, 1.54) is 12.8 Å². The van der Waals surface area contributed by atoms with Gasteiger partial charge in [0.25, 0.3) is 5.65 Å². The van der Waals surface area contributed by atoms with Crippen LogP contribution >= 0.6 is 0 Å². The van der Waals surface area contributed by atoms with Gasteiger partial charge in [0.1, 0.15) is 23.4 Å². The van der Waals surface area contributed by atoms with Crippen molar-refractivity contribution in [1.82, 2.24) is 24.5 Å². The number of carbonyl (C=O) groups excluding carboxylic acids is 1. The summed E-state index contributed by atoms with van der Waals surface area (Å²) in [5.74, 6) is 1.38. The van der Waals surface area contributed by atoms with Crippen LogP contribution in [0.1, 0.15) is 42.6 Å². The second-order valence-corrected chi connectivity index (χ2v) is 9.98. The first-order valence-corrected chi connectivity index (χ1v) is 12.9. The van der Waals surface area contributed by atoms with E-state index in [9.17, 15) is 10.1 Å². The number of anilines is 2. The van der Waals surface area contributed by atoms with E-state index in [4.69, 9.17) is 9.97 Å². The molecular formula is C29H26N7O+. The Morgan fingerprint density at radius 3 is 2.54 bits per heavy atom. The second-order valence-electron chi connectivity index (χ2n) is 9.98. The van der Waals surface area contributed by atoms with Crippen molar-refractivity contribution in [3.8, 4) is 6.07 Å². The maximum Gasteiger partial charge on any atom is 0.339 e. The Kier molecular flexibility index (Phi) is 4.86. The molecule has 8 heteroatoms. The van der Waals surface area contributed by atoms with Crippen molar-refractivity contribution in [3.63, 3.8) is 0 Å². The summed E-state index contributed by atoms with van der Waals surface area (Å²) in [6, 6.07) is 16.6. The maximum atomic E-state index is 13.6. The molecule has 5 heterocycles. The number of aromatic amines is 2. The zero-order chi connectivity index (χ0) is 25.1. The SMILES string of the molecule is Cc1nc2nc(=[N+]3CCCCCC3)c(C#N)c3c4c([nH]c([nH]1)c23)N(c1ccc2ccccc2c1)C(=O)C4. The van der Waals surface area contributed by atoms with Crippen molar-refractivity contribution in [2.24, 2.45) is 0 Å². The quantitative estimate of drug-likeness (QED) is 0.343. The predicted molar refractivity (Wildman–Crippen MR) is 143 cm³/mol. The van der Waals surface area contributed by atoms with Gasteiger partial charge in [-0.15, -0.1) is 0 Å². The Morgan fingerprint density at radius 2 is 1.76 bits per heavy atom. The molecule has 2 aliphatic heterocycles. The Bertz CT molecular complexity index is 1860. The highest BCUT2D eigenvalue weighted by Crippen LogP contribution is 2.41. The minimum atomic E-state index is -0.0320. The fourth-order valence-electron chi connectivity index (χ4n) is 5.94. The van der Waals surface area contributed by atoms with Gasteiger partial charge in [0.05, 0.1) is 30.6 Å². The van der Waals surface area contributed by atoms with Gasteiger partial charge in [-0.2, -0.15) is 10.2 Å². The minimum Gasteiger partial charge on any atom is -0.329 e. The highest BCUT2D eigenvalue weighted by Gasteiger charge is 2.35. The Hall–Kier alpha value is -4.51. The third-order valence-corrected chi connectivity index (χ3v) is 7.63. The zero-order valence-electron chi connectivity index (χ0n) is 20.6. The topological polar surface area (TPSA) is 104 Å². The maximum absolute atomic E-state index is 13.6. The van der Waals surface area contributed by atoms with E-state index in [-0.39, 0.29) is 12.3 Å². The number of H-pyrrole nitrogens is 2. The van der Waals surface area contributed by atoms with E-state index in [0.29, 0.717) is 34.0 Å². The standard InChI is InChI=1S/C29H25N7O/c1-17-31-26-25-24(22(16-30)28(33-26)35-12-6-2-3-7-13-35)21-15-23(37)36(29(21)34-27(25)32-17)20-11-10-18-8-4-5-9-19(18)14-20/h4-5,8-11,14H,2-3,6-7,12-13,15H2,1H3,(H,31,32,33,34)/p+1. The molecule has 2 aliphatic rings. The molecule has 1 saturated heterocycles. The lowest BCUT2D eigenvalue weighted by atomic mass is 10.0. The number of amides is 1. The molecule has 2 aromatic carbocycles. The molecule has 0 aliphatic carbocycles. The molecule has 182 valence electrons. The van der Waals surface area contributed by atoms with Gasteiger partial charge < -0.3 is 9.97 Å². The molecule has 2 N–H and O–H groups in total. The van der Waals surface area contributed by atoms with Crippen molar-refractivity contribution in [1.29, 1.82) is 5.26 Å². The number of aromatic nitrogens is 4. The fraction of sp³-hybridized carbons (Fsp3) is 0.276. The lowest BCUT2D eigenvalue weighted by Crippen LogP contribution is -2.35. The number of carbonyl (C=O) groups is 1. The highest BCUT2D eigenvalue weighted by atomic mass is 16.2. The van der Waals surface area contributed by atoms with Crippen molar-refractivity contribution in [3.05, 3.63) is 64.9 Å². The number of pyridine rings is 2. The van der Waals surface area contributed by atoms with Gasteiger partial charge >= 0.3 is 5.49 Å². The molecule has 7 rings (SSSR count). The molecule has 0 saturated carbocycles. The number of aryl methyl sites for hydroxylation is 1. The van der Waals surface area contributed by atoms with Crippen molar-refractivity contribution < 1.29 is 4.79 Å². The van der Waals surface area contributed by atoms with Crippen LogP contribution in [0.2, 0.25) is 0 Å². The van der Waals surface area contributed by atoms with Crippen LogP contribution in [0.25, 0.3) is 32.8 Å². The zero-order valence-corrected chi connectivity index (χ0v) is 20.6. The molecule has 8 nitrogen and oxygen atoms in total. The molecule has 0 unspecified atom stereocenters. The monoisotopic (exact) mass is 488 g/mol. The largest absolute Gasteiger partial charge is 0.339 e. The van der Waals surface area contributed by atoms with Crippen LogP contribution in [0, 0.1) is 18.3 Å². The number of rotatable bonds is 1. The number of benzene rings is 2. The smallest absolute Gasteiger partial charge is 0.329 e. The van der Waals surface area contributed by atoms with E-state index in [0.717, 1.165) is 58.7 Å². The summed E-state index contributed by atoms with van der Waals surface area (Å²) in [5.41, 5.74) is 4.13. The van der Waals surface area contributed by atoms with Crippen LogP contribution in [-0.4, -0.2) is 38.9 Å². The van der Waals surface area contributed by atoms with Crippen LogP contribution < -0.4 is 15.0 Å². The van der Waals surface area contributed by atoms with Crippen LogP contribution in [0.5, 0.6) is 0 Å². The van der Waals surface area contributed by atoms with E-state index in [1.54, 1.807) is 4.90 Å². The molecule has 1 fully saturated rings. The predicted octanol–water partition coefficient (Wildman–Crippen LogP) is 4.34. The number of nitriles is 1. The van der Waals surface area contributed by atoms with Crippen LogP contribution in [0.4, 0.5) is 11.5 Å². The lowest BCUT2D eigenvalue weighted by Gasteiger charge is -2.19. The molecule has 3 aromatic heterocycles. The highest BCUT2D eigenvalue weighted by molar-refractivity contribution is 6.16. The summed E-state index contributed by atoms with van der Waals surface area (Å²) in [5, 5.41) is 14.2. The van der Waals surface area contributed by atoms with Gasteiger partial charge in [-0.3, -0.25) is 14.3 Å². The van der Waals surface area contributed by atoms with Crippen molar-refractivity contribution in [2.45, 2.75) is 39.0 Å². The van der Waals surface area contributed by atoms with E-state index >= 15 is 0 Å². The van der Waals surface area contributed by atoms with Crippen LogP contribution in [-0.2, 0) is 11.2 Å². The first-order chi connectivity index (χ1) is 18.1. The summed E-state index contributed by atoms with van der Waals surface area (Å²) in [4.78, 5) is 31.7. The molecule has 0 bridgehead atoms. The number of nitrogens with zero attached hydrogens (tertiary/aromatic N) is 5. The number of nitrogens with one attached hydrogen (secondary N) is 2. The molecule has 0 atom stereocenters. The fourth-order valence-corrected chi connectivity index (χ4v) is 5.94. The summed E-state index contributed by atoms with van der Waals surface area (Å²) in [6.45, 7) is 3.63. The van der Waals surface area contributed by atoms with Crippen LogP contribution in [0.15, 0.2) is 42.5 Å². The third-order valence-electron chi connectivity index (χ3n) is 7.63. The average molecular weight is 489 g/mol. The van der Waals surface area contributed by atoms with Crippen molar-refractivity contribution in [2.75, 3.05) is 18.0 Å². The molecule has 0 radical (unpaired) electrons. The lowest BCUT2D eigenvalue weighted by molar-refractivity contribution is -0.116. The summed E-state index contributed by atoms with van der Waals surface area (Å²) in [7, 11) is 0.